The molecule has 1 aromatic rings. The third-order valence-electron chi connectivity index (χ3n) is 3.41. The molecule has 0 aliphatic carbocycles. The Morgan fingerprint density at radius 1 is 1.26 bits per heavy atom. The molecule has 1 saturated heterocycles. The highest BCUT2D eigenvalue weighted by Gasteiger charge is 2.33. The van der Waals surface area contributed by atoms with E-state index in [0.29, 0.717) is 13.1 Å². The number of nitrogens with zero attached hydrogens (tertiary/aromatic N) is 1. The van der Waals surface area contributed by atoms with E-state index >= 15 is 0 Å². The van der Waals surface area contributed by atoms with Gasteiger partial charge in [0, 0.05) is 18.8 Å². The number of hydrogen-bond donors (Lipinski definition) is 1. The number of hydrogen-bond acceptors (Lipinski definition) is 3. The fourth-order valence-electron chi connectivity index (χ4n) is 2.67. The van der Waals surface area contributed by atoms with Crippen molar-refractivity contribution in [1.82, 2.24) is 4.31 Å². The molecule has 106 valence electrons. The van der Waals surface area contributed by atoms with Crippen LogP contribution in [0, 0.1) is 17.7 Å². The average molecular weight is 286 g/mol. The number of piperidine rings is 1. The third kappa shape index (κ3) is 2.90. The van der Waals surface area contributed by atoms with Gasteiger partial charge in [0.25, 0.3) is 0 Å². The van der Waals surface area contributed by atoms with Gasteiger partial charge in [0.15, 0.2) is 0 Å². The number of sulfonamides is 1. The molecular formula is C13H19FN2O2S. The Bertz CT molecular complexity index is 564. The molecule has 2 rings (SSSR count). The predicted molar refractivity (Wildman–Crippen MR) is 72.5 cm³/mol. The summed E-state index contributed by atoms with van der Waals surface area (Å²) in [4.78, 5) is -0.289. The molecule has 0 aromatic heterocycles. The number of rotatable bonds is 2. The molecule has 0 bridgehead atoms. The quantitative estimate of drug-likeness (QED) is 0.847. The molecule has 1 aliphatic heterocycles. The molecule has 19 heavy (non-hydrogen) atoms. The fourth-order valence-corrected chi connectivity index (χ4v) is 4.39. The third-order valence-corrected chi connectivity index (χ3v) is 5.27. The SMILES string of the molecule is CC1CC(C)CN(S(=O)(=O)c2ccc(N)cc2F)C1. The molecular weight excluding hydrogens is 267 g/mol. The van der Waals surface area contributed by atoms with Crippen molar-refractivity contribution in [3.05, 3.63) is 24.0 Å². The Morgan fingerprint density at radius 3 is 2.37 bits per heavy atom. The summed E-state index contributed by atoms with van der Waals surface area (Å²) in [5.41, 5.74) is 5.66. The molecule has 2 atom stereocenters. The highest BCUT2D eigenvalue weighted by molar-refractivity contribution is 7.89. The van der Waals surface area contributed by atoms with Gasteiger partial charge in [0.1, 0.15) is 10.7 Å². The van der Waals surface area contributed by atoms with E-state index in [-0.39, 0.29) is 22.4 Å². The van der Waals surface area contributed by atoms with Crippen LogP contribution >= 0.6 is 0 Å². The first-order valence-corrected chi connectivity index (χ1v) is 7.80. The van der Waals surface area contributed by atoms with Gasteiger partial charge in [0.05, 0.1) is 0 Å². The van der Waals surface area contributed by atoms with Crippen molar-refractivity contribution in [2.45, 2.75) is 25.2 Å². The van der Waals surface area contributed by atoms with E-state index in [1.54, 1.807) is 0 Å². The van der Waals surface area contributed by atoms with Crippen molar-refractivity contribution in [1.29, 1.82) is 0 Å². The molecule has 1 aromatic carbocycles. The maximum Gasteiger partial charge on any atom is 0.246 e. The van der Waals surface area contributed by atoms with E-state index in [4.69, 9.17) is 5.73 Å². The Balaban J connectivity index is 2.36. The van der Waals surface area contributed by atoms with Crippen LogP contribution < -0.4 is 5.73 Å². The van der Waals surface area contributed by atoms with Crippen LogP contribution in [0.5, 0.6) is 0 Å². The maximum atomic E-state index is 13.8. The molecule has 0 amide bonds. The molecule has 1 aliphatic rings. The minimum Gasteiger partial charge on any atom is -0.399 e. The number of anilines is 1. The van der Waals surface area contributed by atoms with Crippen molar-refractivity contribution in [2.75, 3.05) is 18.8 Å². The monoisotopic (exact) mass is 286 g/mol. The standard InChI is InChI=1S/C13H19FN2O2S/c1-9-5-10(2)8-16(7-9)19(17,18)13-4-3-11(15)6-12(13)14/h3-4,6,9-10H,5,7-8,15H2,1-2H3. The summed E-state index contributed by atoms with van der Waals surface area (Å²) in [7, 11) is -3.77. The van der Waals surface area contributed by atoms with E-state index in [9.17, 15) is 12.8 Å². The van der Waals surface area contributed by atoms with E-state index in [2.05, 4.69) is 0 Å². The summed E-state index contributed by atoms with van der Waals surface area (Å²) in [6.45, 7) is 4.90. The summed E-state index contributed by atoms with van der Waals surface area (Å²) < 4.78 is 40.1. The van der Waals surface area contributed by atoms with Crippen molar-refractivity contribution in [3.8, 4) is 0 Å². The van der Waals surface area contributed by atoms with Gasteiger partial charge >= 0.3 is 0 Å². The van der Waals surface area contributed by atoms with Gasteiger partial charge in [-0.1, -0.05) is 13.8 Å². The maximum absolute atomic E-state index is 13.8. The van der Waals surface area contributed by atoms with Crippen molar-refractivity contribution in [3.63, 3.8) is 0 Å². The van der Waals surface area contributed by atoms with Crippen LogP contribution in [0.3, 0.4) is 0 Å². The van der Waals surface area contributed by atoms with Gasteiger partial charge in [0.2, 0.25) is 10.0 Å². The lowest BCUT2D eigenvalue weighted by molar-refractivity contribution is 0.222. The smallest absolute Gasteiger partial charge is 0.246 e. The molecule has 2 unspecified atom stereocenters. The minimum absolute atomic E-state index is 0.219. The Hall–Kier alpha value is -1.14. The second-order valence-electron chi connectivity index (χ2n) is 5.46. The normalized spacial score (nSPS) is 25.4. The van der Waals surface area contributed by atoms with Gasteiger partial charge < -0.3 is 5.73 Å². The first-order valence-electron chi connectivity index (χ1n) is 6.36. The highest BCUT2D eigenvalue weighted by atomic mass is 32.2. The Labute approximate surface area is 113 Å². The molecule has 1 fully saturated rings. The predicted octanol–water partition coefficient (Wildman–Crippen LogP) is 2.07. The van der Waals surface area contributed by atoms with E-state index in [1.165, 1.54) is 16.4 Å². The summed E-state index contributed by atoms with van der Waals surface area (Å²) in [6, 6.07) is 3.69. The molecule has 0 spiro atoms. The van der Waals surface area contributed by atoms with Gasteiger partial charge in [-0.25, -0.2) is 12.8 Å². The zero-order chi connectivity index (χ0) is 14.2. The van der Waals surface area contributed by atoms with E-state index in [1.807, 2.05) is 13.8 Å². The van der Waals surface area contributed by atoms with Crippen LogP contribution in [0.15, 0.2) is 23.1 Å². The molecule has 0 radical (unpaired) electrons. The second kappa shape index (κ2) is 5.09. The van der Waals surface area contributed by atoms with Crippen LogP contribution in [-0.4, -0.2) is 25.8 Å². The van der Waals surface area contributed by atoms with Gasteiger partial charge in [-0.2, -0.15) is 4.31 Å². The summed E-state index contributed by atoms with van der Waals surface area (Å²) in [6.07, 6.45) is 0.996. The minimum atomic E-state index is -3.77. The van der Waals surface area contributed by atoms with Crippen molar-refractivity contribution >= 4 is 15.7 Å². The van der Waals surface area contributed by atoms with Gasteiger partial charge in [-0.15, -0.1) is 0 Å². The van der Waals surface area contributed by atoms with Crippen LogP contribution in [-0.2, 0) is 10.0 Å². The molecule has 4 nitrogen and oxygen atoms in total. The molecule has 1 heterocycles. The number of benzene rings is 1. The highest BCUT2D eigenvalue weighted by Crippen LogP contribution is 2.28. The number of nitrogens with two attached hydrogens (primary N) is 1. The summed E-state index contributed by atoms with van der Waals surface area (Å²) in [5.74, 6) is -0.211. The first-order chi connectivity index (χ1) is 8.80. The van der Waals surface area contributed by atoms with Crippen LogP contribution in [0.4, 0.5) is 10.1 Å². The zero-order valence-corrected chi connectivity index (χ0v) is 12.0. The number of nitrogen functional groups attached to an aromatic ring is 1. The van der Waals surface area contributed by atoms with Crippen LogP contribution in [0.2, 0.25) is 0 Å². The van der Waals surface area contributed by atoms with Crippen LogP contribution in [0.1, 0.15) is 20.3 Å². The van der Waals surface area contributed by atoms with E-state index in [0.717, 1.165) is 12.5 Å². The average Bonchev–Trinajstić information content (AvgIpc) is 2.26. The summed E-state index contributed by atoms with van der Waals surface area (Å²) in [5, 5.41) is 0. The largest absolute Gasteiger partial charge is 0.399 e. The molecule has 0 saturated carbocycles. The number of halogens is 1. The van der Waals surface area contributed by atoms with Gasteiger partial charge in [-0.05, 0) is 36.5 Å². The molecule has 2 N–H and O–H groups in total. The zero-order valence-electron chi connectivity index (χ0n) is 11.1. The van der Waals surface area contributed by atoms with Crippen molar-refractivity contribution in [2.24, 2.45) is 11.8 Å². The van der Waals surface area contributed by atoms with Crippen molar-refractivity contribution < 1.29 is 12.8 Å². The lowest BCUT2D eigenvalue weighted by atomic mass is 9.94. The molecule has 6 heteroatoms. The lowest BCUT2D eigenvalue weighted by Crippen LogP contribution is -2.42. The van der Waals surface area contributed by atoms with Crippen LogP contribution in [0.25, 0.3) is 0 Å². The Kier molecular flexibility index (Phi) is 3.82. The van der Waals surface area contributed by atoms with E-state index < -0.39 is 15.8 Å². The summed E-state index contributed by atoms with van der Waals surface area (Å²) >= 11 is 0. The second-order valence-corrected chi connectivity index (χ2v) is 7.36. The lowest BCUT2D eigenvalue weighted by Gasteiger charge is -2.34. The van der Waals surface area contributed by atoms with Gasteiger partial charge in [-0.3, -0.25) is 0 Å². The topological polar surface area (TPSA) is 63.4 Å². The first kappa shape index (κ1) is 14.3. The Morgan fingerprint density at radius 2 is 1.84 bits per heavy atom. The fraction of sp³-hybridized carbons (Fsp3) is 0.538.